The molecule has 114 valence electrons. The van der Waals surface area contributed by atoms with Crippen molar-refractivity contribution in [1.29, 1.82) is 0 Å². The van der Waals surface area contributed by atoms with Gasteiger partial charge in [0.25, 0.3) is 5.91 Å². The van der Waals surface area contributed by atoms with Crippen LogP contribution in [0.4, 0.5) is 0 Å². The minimum Gasteiger partial charge on any atom is -0.484 e. The normalized spacial score (nSPS) is 21.3. The van der Waals surface area contributed by atoms with Crippen LogP contribution in [-0.4, -0.2) is 40.6 Å². The fraction of sp³-hybridized carbons (Fsp3) is 0.467. The number of amides is 1. The van der Waals surface area contributed by atoms with Gasteiger partial charge in [-0.15, -0.1) is 0 Å². The molecule has 1 aromatic rings. The number of carbonyl (C=O) groups is 2. The van der Waals surface area contributed by atoms with Crippen molar-refractivity contribution in [2.75, 3.05) is 13.2 Å². The van der Waals surface area contributed by atoms with Gasteiger partial charge in [0.15, 0.2) is 6.61 Å². The van der Waals surface area contributed by atoms with Crippen molar-refractivity contribution in [2.24, 2.45) is 0 Å². The molecule has 1 heterocycles. The highest BCUT2D eigenvalue weighted by Crippen LogP contribution is 2.33. The number of carbonyl (C=O) groups excluding carboxylic acids is 1. The van der Waals surface area contributed by atoms with E-state index in [9.17, 15) is 14.7 Å². The minimum absolute atomic E-state index is 0.142. The van der Waals surface area contributed by atoms with Gasteiger partial charge in [-0.2, -0.15) is 0 Å². The Hall–Kier alpha value is -1.56. The van der Waals surface area contributed by atoms with Crippen molar-refractivity contribution in [3.05, 3.63) is 28.7 Å². The van der Waals surface area contributed by atoms with Crippen molar-refractivity contribution in [3.8, 4) is 5.75 Å². The zero-order chi connectivity index (χ0) is 15.5. The van der Waals surface area contributed by atoms with Gasteiger partial charge in [-0.3, -0.25) is 4.79 Å². The monoisotopic (exact) mass is 355 g/mol. The van der Waals surface area contributed by atoms with Crippen LogP contribution in [-0.2, 0) is 9.59 Å². The van der Waals surface area contributed by atoms with Crippen LogP contribution in [0.3, 0.4) is 0 Å². The smallest absolute Gasteiger partial charge is 0.329 e. The zero-order valence-electron chi connectivity index (χ0n) is 11.8. The first-order valence-electron chi connectivity index (χ1n) is 6.92. The van der Waals surface area contributed by atoms with E-state index in [2.05, 4.69) is 15.9 Å². The Labute approximate surface area is 132 Å². The number of hydrogen-bond acceptors (Lipinski definition) is 3. The van der Waals surface area contributed by atoms with Gasteiger partial charge in [0.05, 0.1) is 0 Å². The second kappa shape index (κ2) is 6.47. The van der Waals surface area contributed by atoms with Crippen LogP contribution in [0.25, 0.3) is 0 Å². The fourth-order valence-electron chi connectivity index (χ4n) is 2.74. The van der Waals surface area contributed by atoms with Crippen molar-refractivity contribution in [1.82, 2.24) is 4.90 Å². The molecule has 2 rings (SSSR count). The first-order valence-corrected chi connectivity index (χ1v) is 7.71. The molecule has 0 radical (unpaired) electrons. The van der Waals surface area contributed by atoms with Gasteiger partial charge in [-0.1, -0.05) is 22.9 Å². The second-order valence-electron chi connectivity index (χ2n) is 5.08. The van der Waals surface area contributed by atoms with E-state index < -0.39 is 11.5 Å². The van der Waals surface area contributed by atoms with Crippen molar-refractivity contribution in [2.45, 2.75) is 31.7 Å². The highest BCUT2D eigenvalue weighted by Gasteiger charge is 2.48. The van der Waals surface area contributed by atoms with Gasteiger partial charge in [0, 0.05) is 11.0 Å². The third kappa shape index (κ3) is 3.20. The number of carboxylic acid groups (broad SMARTS) is 1. The van der Waals surface area contributed by atoms with Gasteiger partial charge in [0.1, 0.15) is 11.3 Å². The van der Waals surface area contributed by atoms with Crippen LogP contribution in [0.1, 0.15) is 26.2 Å². The average Bonchev–Trinajstić information content (AvgIpc) is 2.91. The molecular formula is C15H18BrNO4. The molecule has 1 aromatic carbocycles. The largest absolute Gasteiger partial charge is 0.484 e. The fourth-order valence-corrected chi connectivity index (χ4v) is 3.00. The maximum atomic E-state index is 12.3. The molecular weight excluding hydrogens is 338 g/mol. The Balaban J connectivity index is 2.02. The number of likely N-dealkylation sites (tertiary alicyclic amines) is 1. The van der Waals surface area contributed by atoms with Gasteiger partial charge in [-0.25, -0.2) is 4.79 Å². The molecule has 1 N–H and O–H groups in total. The summed E-state index contributed by atoms with van der Waals surface area (Å²) < 4.78 is 6.38. The molecule has 0 bridgehead atoms. The number of nitrogens with zero attached hydrogens (tertiary/aromatic N) is 1. The van der Waals surface area contributed by atoms with Gasteiger partial charge in [0.2, 0.25) is 0 Å². The van der Waals surface area contributed by atoms with E-state index in [1.807, 2.05) is 12.1 Å². The van der Waals surface area contributed by atoms with Crippen molar-refractivity contribution >= 4 is 27.8 Å². The van der Waals surface area contributed by atoms with Crippen LogP contribution in [0, 0.1) is 0 Å². The molecule has 1 aliphatic heterocycles. The van der Waals surface area contributed by atoms with Crippen molar-refractivity contribution in [3.63, 3.8) is 0 Å². The Kier molecular flexibility index (Phi) is 4.88. The van der Waals surface area contributed by atoms with Gasteiger partial charge < -0.3 is 14.7 Å². The van der Waals surface area contributed by atoms with Crippen molar-refractivity contribution < 1.29 is 19.4 Å². The van der Waals surface area contributed by atoms with E-state index >= 15 is 0 Å². The summed E-state index contributed by atoms with van der Waals surface area (Å²) in [5.41, 5.74) is -1.07. The van der Waals surface area contributed by atoms with Gasteiger partial charge in [-0.05, 0) is 43.5 Å². The molecule has 1 amide bonds. The first-order chi connectivity index (χ1) is 9.99. The summed E-state index contributed by atoms with van der Waals surface area (Å²) in [5.74, 6) is -0.623. The predicted molar refractivity (Wildman–Crippen MR) is 81.2 cm³/mol. The minimum atomic E-state index is -1.07. The summed E-state index contributed by atoms with van der Waals surface area (Å²) in [7, 11) is 0. The number of carboxylic acids is 1. The van der Waals surface area contributed by atoms with Crippen LogP contribution in [0.15, 0.2) is 28.7 Å². The molecule has 0 saturated carbocycles. The number of hydrogen-bond donors (Lipinski definition) is 1. The van der Waals surface area contributed by atoms with Crippen LogP contribution >= 0.6 is 15.9 Å². The maximum Gasteiger partial charge on any atom is 0.329 e. The highest BCUT2D eigenvalue weighted by atomic mass is 79.9. The summed E-state index contributed by atoms with van der Waals surface area (Å²) in [6, 6.07) is 7.16. The number of aliphatic carboxylic acids is 1. The zero-order valence-corrected chi connectivity index (χ0v) is 13.4. The lowest BCUT2D eigenvalue weighted by atomic mass is 9.93. The van der Waals surface area contributed by atoms with Crippen LogP contribution in [0.2, 0.25) is 0 Å². The Bertz CT molecular complexity index is 531. The molecule has 1 aliphatic rings. The molecule has 21 heavy (non-hydrogen) atoms. The van der Waals surface area contributed by atoms with Gasteiger partial charge >= 0.3 is 5.97 Å². The molecule has 0 aliphatic carbocycles. The molecule has 5 nitrogen and oxygen atoms in total. The maximum absolute atomic E-state index is 12.3. The molecule has 1 unspecified atom stereocenters. The predicted octanol–water partition coefficient (Wildman–Crippen LogP) is 2.68. The summed E-state index contributed by atoms with van der Waals surface area (Å²) in [6.07, 6.45) is 1.62. The third-order valence-electron chi connectivity index (χ3n) is 3.95. The SMILES string of the molecule is CCC1(C(=O)O)CCCN1C(=O)COc1ccc(Br)cc1. The third-order valence-corrected chi connectivity index (χ3v) is 4.48. The van der Waals surface area contributed by atoms with E-state index in [4.69, 9.17) is 4.74 Å². The summed E-state index contributed by atoms with van der Waals surface area (Å²) in [4.78, 5) is 25.3. The van der Waals surface area contributed by atoms with Crippen LogP contribution < -0.4 is 4.74 Å². The highest BCUT2D eigenvalue weighted by molar-refractivity contribution is 9.10. The van der Waals surface area contributed by atoms with E-state index in [-0.39, 0.29) is 12.5 Å². The second-order valence-corrected chi connectivity index (χ2v) is 6.00. The summed E-state index contributed by atoms with van der Waals surface area (Å²) in [5, 5.41) is 9.46. The number of halogens is 1. The average molecular weight is 356 g/mol. The molecule has 1 saturated heterocycles. The Morgan fingerprint density at radius 3 is 2.62 bits per heavy atom. The molecule has 1 fully saturated rings. The molecule has 0 aromatic heterocycles. The Morgan fingerprint density at radius 1 is 1.38 bits per heavy atom. The molecule has 6 heteroatoms. The number of rotatable bonds is 5. The van der Waals surface area contributed by atoms with E-state index in [0.29, 0.717) is 31.6 Å². The number of ether oxygens (including phenoxy) is 1. The van der Waals surface area contributed by atoms with E-state index in [1.165, 1.54) is 4.90 Å². The van der Waals surface area contributed by atoms with Crippen LogP contribution in [0.5, 0.6) is 5.75 Å². The first kappa shape index (κ1) is 15.8. The lowest BCUT2D eigenvalue weighted by Crippen LogP contribution is -2.53. The summed E-state index contributed by atoms with van der Waals surface area (Å²) >= 11 is 3.32. The lowest BCUT2D eigenvalue weighted by molar-refractivity contribution is -0.157. The Morgan fingerprint density at radius 2 is 2.05 bits per heavy atom. The topological polar surface area (TPSA) is 66.8 Å². The molecule has 1 atom stereocenters. The quantitative estimate of drug-likeness (QED) is 0.881. The summed E-state index contributed by atoms with van der Waals surface area (Å²) in [6.45, 7) is 2.13. The standard InChI is InChI=1S/C15H18BrNO4/c1-2-15(14(19)20)8-3-9-17(15)13(18)10-21-12-6-4-11(16)5-7-12/h4-7H,2-3,8-10H2,1H3,(H,19,20). The van der Waals surface area contributed by atoms with E-state index in [1.54, 1.807) is 19.1 Å². The lowest BCUT2D eigenvalue weighted by Gasteiger charge is -2.33. The number of benzene rings is 1. The molecule has 0 spiro atoms. The van der Waals surface area contributed by atoms with E-state index in [0.717, 1.165) is 4.47 Å².